The summed E-state index contributed by atoms with van der Waals surface area (Å²) in [4.78, 5) is 283. The number of carboxylic acids is 1. The molecule has 0 spiro atoms. The molecule has 17 amide bonds. The molecule has 13 atom stereocenters. The summed E-state index contributed by atoms with van der Waals surface area (Å²) in [6.45, 7) is 6.17. The minimum atomic E-state index is -1.81. The number of carbonyl (C=O) groups is 18. The average Bonchev–Trinajstić information content (AvgIpc) is 1.53. The fourth-order valence-corrected chi connectivity index (χ4v) is 17.5. The van der Waals surface area contributed by atoms with Gasteiger partial charge in [0.05, 0.1) is 31.6 Å². The van der Waals surface area contributed by atoms with Crippen LogP contribution in [0.4, 0.5) is 0 Å². The lowest BCUT2D eigenvalue weighted by Gasteiger charge is -2.36. The number of hydrogen-bond acceptors (Lipinski definition) is 22. The van der Waals surface area contributed by atoms with Crippen LogP contribution in [0.25, 0.3) is 21.8 Å². The van der Waals surface area contributed by atoms with E-state index in [1.807, 2.05) is 13.8 Å². The minimum Gasteiger partial charge on any atom is -0.508 e. The summed E-state index contributed by atoms with van der Waals surface area (Å²) in [6, 6.07) is 7.95. The molecule has 0 saturated carbocycles. The third-order valence-corrected chi connectivity index (χ3v) is 25.3. The lowest BCUT2D eigenvalue weighted by Crippen LogP contribution is -2.61. The number of carbonyl (C=O) groups excluding carboxylic acids is 17. The number of para-hydroxylation sites is 2. The van der Waals surface area contributed by atoms with Crippen LogP contribution in [0, 0.1) is 5.92 Å². The number of primary amides is 2. The Morgan fingerprint density at radius 2 is 1.07 bits per heavy atom. The highest BCUT2D eigenvalue weighted by Gasteiger charge is 2.44. The number of likely N-dealkylation sites (N-methyl/N-ethyl adjacent to an activating group) is 3. The Morgan fingerprint density at radius 1 is 0.529 bits per heavy atom. The molecule has 0 aliphatic carbocycles. The Bertz CT molecular complexity index is 5440. The molecule has 0 unspecified atom stereocenters. The van der Waals surface area contributed by atoms with Gasteiger partial charge >= 0.3 is 5.97 Å². The van der Waals surface area contributed by atoms with Crippen molar-refractivity contribution in [1.82, 2.24) is 97.6 Å². The molecule has 0 bridgehead atoms. The number of amides is 17. The van der Waals surface area contributed by atoms with Crippen molar-refractivity contribution in [3.05, 3.63) is 156 Å². The van der Waals surface area contributed by atoms with Crippen LogP contribution < -0.4 is 70.4 Å². The number of nitrogens with one attached hydrogen (secondary N) is 13. The van der Waals surface area contributed by atoms with Gasteiger partial charge in [0.2, 0.25) is 100 Å². The van der Waals surface area contributed by atoms with Crippen LogP contribution in [-0.2, 0) is 119 Å². The highest BCUT2D eigenvalue weighted by atomic mass is 32.2. The highest BCUT2D eigenvalue weighted by Crippen LogP contribution is 2.27. The van der Waals surface area contributed by atoms with Crippen molar-refractivity contribution in [2.75, 3.05) is 58.8 Å². The number of H-pyrrole nitrogens is 3. The number of fused-ring (bicyclic) bond motifs is 3. The van der Waals surface area contributed by atoms with E-state index >= 15 is 38.4 Å². The van der Waals surface area contributed by atoms with E-state index < -0.39 is 229 Å². The number of benzene rings is 4. The average molecular weight is 1930 g/mol. The third kappa shape index (κ3) is 30.9. The van der Waals surface area contributed by atoms with Crippen molar-refractivity contribution in [3.8, 4) is 5.75 Å². The number of phenols is 1. The molecule has 2 fully saturated rings. The molecule has 21 N–H and O–H groups in total. The molecule has 7 aromatic rings. The van der Waals surface area contributed by atoms with Crippen LogP contribution in [0.2, 0.25) is 0 Å². The molecule has 43 heteroatoms. The maximum absolute atomic E-state index is 15.9. The summed E-state index contributed by atoms with van der Waals surface area (Å²) >= 11 is 0.791. The SMILES string of the molecule is CCCC[C@H]1C(=O)N(C)[C@@H](CCCC)C(=O)N[C@@H](CC(C)C)C(=O)N[C@H](C(=O)NCC(N)=O)CSCC(=O)N[C@@H](Cc2ccc(O)cc2)C(=O)N(C)[C@@H](C)C(=O)N[C@@H](CC(N)=O)C(=O)N2CCC[C@H]2C(=O)N[C@@H](Cc2cnc[nH]2)C(=O)N[C@@H](CCC(=O)O)C(=O)N(Cc2ccccc2)CC(=O)N[C@@H](Cc2c[nH]c3ccccc23)C(=O)N[C@@H](CCN)C(=O)N[C@@H](Cc2c[nH]c3ccccc23)C(=O)N1C. The van der Waals surface area contributed by atoms with Crippen molar-refractivity contribution in [2.24, 2.45) is 23.1 Å². The van der Waals surface area contributed by atoms with E-state index in [0.29, 0.717) is 69.7 Å². The number of aromatic hydroxyl groups is 1. The van der Waals surface area contributed by atoms with Gasteiger partial charge in [0, 0.05) is 118 Å². The summed E-state index contributed by atoms with van der Waals surface area (Å²) < 4.78 is 0. The number of rotatable bonds is 28. The first kappa shape index (κ1) is 107. The molecule has 2 saturated heterocycles. The molecule has 3 aromatic heterocycles. The number of hydrogen-bond donors (Lipinski definition) is 18. The van der Waals surface area contributed by atoms with Crippen molar-refractivity contribution < 1.29 is 96.5 Å². The molecule has 0 radical (unpaired) electrons. The number of phenolic OH excluding ortho intramolecular Hbond substituents is 1. The monoisotopic (exact) mass is 1930 g/mol. The second-order valence-electron chi connectivity index (χ2n) is 35.2. The first-order valence-electron chi connectivity index (χ1n) is 46.2. The number of thioether (sulfide) groups is 1. The number of nitrogens with zero attached hydrogens (tertiary/aromatic N) is 6. The lowest BCUT2D eigenvalue weighted by atomic mass is 9.99. The van der Waals surface area contributed by atoms with E-state index in [9.17, 15) is 58.2 Å². The normalized spacial score (nSPS) is 23.0. The second kappa shape index (κ2) is 52.2. The van der Waals surface area contributed by atoms with Gasteiger partial charge in [0.1, 0.15) is 84.3 Å². The smallest absolute Gasteiger partial charge is 0.303 e. The van der Waals surface area contributed by atoms with Crippen molar-refractivity contribution >= 4 is 140 Å². The van der Waals surface area contributed by atoms with Crippen molar-refractivity contribution in [1.29, 1.82) is 0 Å². The van der Waals surface area contributed by atoms with Gasteiger partial charge in [-0.25, -0.2) is 4.98 Å². The molecular formula is C95H128N22O20S. The Balaban J connectivity index is 1.12. The van der Waals surface area contributed by atoms with E-state index in [1.165, 1.54) is 74.7 Å². The van der Waals surface area contributed by atoms with Gasteiger partial charge in [-0.15, -0.1) is 11.8 Å². The molecule has 5 heterocycles. The topological polar surface area (TPSA) is 623 Å². The largest absolute Gasteiger partial charge is 0.508 e. The maximum Gasteiger partial charge on any atom is 0.303 e. The lowest BCUT2D eigenvalue weighted by molar-refractivity contribution is -0.149. The summed E-state index contributed by atoms with van der Waals surface area (Å²) in [5.74, 6) is -18.7. The zero-order valence-corrected chi connectivity index (χ0v) is 79.6. The Labute approximate surface area is 802 Å². The number of unbranched alkanes of at least 4 members (excludes halogenated alkanes) is 2. The molecule has 42 nitrogen and oxygen atoms in total. The fraction of sp³-hybridized carbons (Fsp3) is 0.484. The number of carboxylic acid groups (broad SMARTS) is 1. The molecule has 2 aliphatic heterocycles. The van der Waals surface area contributed by atoms with Gasteiger partial charge in [-0.3, -0.25) is 86.3 Å². The number of nitrogens with two attached hydrogens (primary N) is 3. The van der Waals surface area contributed by atoms with Gasteiger partial charge in [0.15, 0.2) is 0 Å². The number of imidazole rings is 1. The van der Waals surface area contributed by atoms with Crippen LogP contribution in [0.3, 0.4) is 0 Å². The van der Waals surface area contributed by atoms with Gasteiger partial charge in [-0.1, -0.05) is 132 Å². The summed E-state index contributed by atoms with van der Waals surface area (Å²) in [5.41, 5.74) is 20.9. The summed E-state index contributed by atoms with van der Waals surface area (Å²) in [7, 11) is 3.99. The van der Waals surface area contributed by atoms with Crippen LogP contribution in [0.1, 0.15) is 146 Å². The quantitative estimate of drug-likeness (QED) is 0.0309. The molecular weight excluding hydrogens is 1800 g/mol. The van der Waals surface area contributed by atoms with Gasteiger partial charge in [-0.05, 0) is 111 Å². The predicted octanol–water partition coefficient (Wildman–Crippen LogP) is 0.0962. The first-order valence-corrected chi connectivity index (χ1v) is 47.4. The first-order chi connectivity index (χ1) is 65.9. The highest BCUT2D eigenvalue weighted by molar-refractivity contribution is 8.00. The number of aromatic nitrogens is 4. The maximum atomic E-state index is 15.9. The molecule has 138 heavy (non-hydrogen) atoms. The number of aromatic amines is 3. The zero-order valence-electron chi connectivity index (χ0n) is 78.7. The van der Waals surface area contributed by atoms with E-state index in [0.717, 1.165) is 26.5 Å². The zero-order chi connectivity index (χ0) is 101. The van der Waals surface area contributed by atoms with Gasteiger partial charge < -0.3 is 120 Å². The summed E-state index contributed by atoms with van der Waals surface area (Å²) in [5, 5.41) is 48.5. The van der Waals surface area contributed by atoms with E-state index in [2.05, 4.69) is 73.1 Å². The third-order valence-electron chi connectivity index (χ3n) is 24.3. The standard InChI is InChI=1S/C95H128N22O20S/c1-9-11-27-75-89(131)108-68(39-54(3)4)86(128)112-74(84(126)102-48-79(98)120)51-138-52-81(122)105-71(40-56-30-32-61(118)33-31-56)91(133)113(6)55(5)83(125)110-73(44-78(97)119)94(136)117-38-20-29-76(117)90(132)109-70(43-60-47-99-53-103-60)88(130)107-67(34-35-82(123)124)93(135)116(49-57-21-14-13-15-22-57)50-80(121)104-69(41-58-45-100-64-25-18-16-23-62(58)64)87(129)106-66(36-37-96)85(127)111-72(42-59-46-101-65-26-19-17-24-63(59)65)92(134)115(8)77(28-12-10-2)95(137)114(75)7/h13-19,21-26,30-33,45-47,53-55,66-77,100-101,118H,9-12,20,27-29,34-44,48-52,96H2,1-8H3,(H2,97,119)(H2,98,120)(H,99,103)(H,102,126)(H,104,121)(H,105,122)(H,106,129)(H,107,130)(H,108,131)(H,109,132)(H,110,125)(H,111,127)(H,112,128)(H,123,124)/t55-,66-,67-,68-,69-,70-,71-,72-,73-,74-,75-,76-,77-/m0/s1. The van der Waals surface area contributed by atoms with E-state index in [1.54, 1.807) is 105 Å². The Hall–Kier alpha value is -14.3. The van der Waals surface area contributed by atoms with Crippen molar-refractivity contribution in [2.45, 2.75) is 229 Å². The molecule has 4 aromatic carbocycles. The predicted molar refractivity (Wildman–Crippen MR) is 510 cm³/mol. The van der Waals surface area contributed by atoms with Crippen LogP contribution >= 0.6 is 11.8 Å². The van der Waals surface area contributed by atoms with Gasteiger partial charge in [0.25, 0.3) is 0 Å². The molecule has 744 valence electrons. The Morgan fingerprint density at radius 3 is 1.67 bits per heavy atom. The Kier molecular flexibility index (Phi) is 40.6. The van der Waals surface area contributed by atoms with Crippen molar-refractivity contribution in [3.63, 3.8) is 0 Å². The number of aliphatic carboxylic acids is 1. The van der Waals surface area contributed by atoms with Crippen LogP contribution in [0.5, 0.6) is 5.75 Å². The van der Waals surface area contributed by atoms with Crippen LogP contribution in [0.15, 0.2) is 128 Å². The van der Waals surface area contributed by atoms with E-state index in [-0.39, 0.29) is 101 Å². The molecule has 9 rings (SSSR count). The second-order valence-corrected chi connectivity index (χ2v) is 36.2. The van der Waals surface area contributed by atoms with Crippen LogP contribution in [-0.4, -0.2) is 298 Å². The van der Waals surface area contributed by atoms with E-state index in [4.69, 9.17) is 17.2 Å². The minimum absolute atomic E-state index is 0.0285. The fourth-order valence-electron chi connectivity index (χ4n) is 16.6. The van der Waals surface area contributed by atoms with Gasteiger partial charge in [-0.2, -0.15) is 0 Å². The molecule has 2 aliphatic rings. The summed E-state index contributed by atoms with van der Waals surface area (Å²) in [6.07, 6.45) is 4.13.